The predicted molar refractivity (Wildman–Crippen MR) is 82.3 cm³/mol. The average Bonchev–Trinajstić information content (AvgIpc) is 2.43. The number of rotatable bonds is 1. The van der Waals surface area contributed by atoms with Gasteiger partial charge in [-0.1, -0.05) is 45.7 Å². The minimum absolute atomic E-state index is 0.115. The smallest absolute Gasteiger partial charge is 0.200 e. The van der Waals surface area contributed by atoms with Crippen LogP contribution in [-0.2, 0) is 0 Å². The van der Waals surface area contributed by atoms with Crippen molar-refractivity contribution in [2.75, 3.05) is 0 Å². The van der Waals surface area contributed by atoms with Crippen molar-refractivity contribution in [1.29, 1.82) is 0 Å². The van der Waals surface area contributed by atoms with Gasteiger partial charge in [0.1, 0.15) is 17.6 Å². The third-order valence-electron chi connectivity index (χ3n) is 3.01. The lowest BCUT2D eigenvalue weighted by Gasteiger charge is -2.05. The second-order valence-corrected chi connectivity index (χ2v) is 5.52. The number of phenolic OH excluding ortho intramolecular Hbond substituents is 1. The largest absolute Gasteiger partial charge is 0.506 e. The van der Waals surface area contributed by atoms with E-state index in [9.17, 15) is 9.90 Å². The van der Waals surface area contributed by atoms with Crippen LogP contribution in [0.3, 0.4) is 0 Å². The maximum atomic E-state index is 12.5. The molecule has 0 saturated heterocycles. The van der Waals surface area contributed by atoms with Crippen LogP contribution in [0.2, 0.25) is 5.02 Å². The van der Waals surface area contributed by atoms with E-state index in [1.807, 2.05) is 24.3 Å². The van der Waals surface area contributed by atoms with Gasteiger partial charge in [0.05, 0.1) is 16.0 Å². The molecule has 1 heterocycles. The number of hydrogen-bond acceptors (Lipinski definition) is 3. The number of phenols is 1. The van der Waals surface area contributed by atoms with Gasteiger partial charge in [0, 0.05) is 16.1 Å². The van der Waals surface area contributed by atoms with Crippen LogP contribution in [0.25, 0.3) is 22.1 Å². The molecule has 0 radical (unpaired) electrons. The third kappa shape index (κ3) is 2.11. The van der Waals surface area contributed by atoms with Crippen LogP contribution in [-0.4, -0.2) is 5.11 Å². The molecule has 0 spiro atoms. The molecule has 1 N–H and O–H groups in total. The predicted octanol–water partition coefficient (Wildman–Crippen LogP) is 4.58. The van der Waals surface area contributed by atoms with Crippen LogP contribution in [0.5, 0.6) is 5.75 Å². The van der Waals surface area contributed by atoms with E-state index in [0.29, 0.717) is 16.5 Å². The summed E-state index contributed by atoms with van der Waals surface area (Å²) in [4.78, 5) is 12.5. The van der Waals surface area contributed by atoms with Crippen LogP contribution in [0.1, 0.15) is 0 Å². The lowest BCUT2D eigenvalue weighted by molar-refractivity contribution is 0.474. The Kier molecular flexibility index (Phi) is 3.28. The zero-order chi connectivity index (χ0) is 14.3. The van der Waals surface area contributed by atoms with E-state index >= 15 is 0 Å². The van der Waals surface area contributed by atoms with Crippen molar-refractivity contribution in [3.05, 3.63) is 62.4 Å². The molecule has 0 fully saturated rings. The standard InChI is InChI=1S/C15H8BrClO3/c16-11-4-2-1-3-8(11)10-7-20-14-6-13(18)12(17)5-9(14)15(10)19/h1-7,18H. The van der Waals surface area contributed by atoms with E-state index in [1.165, 1.54) is 18.4 Å². The Labute approximate surface area is 127 Å². The summed E-state index contributed by atoms with van der Waals surface area (Å²) in [6, 6.07) is 10.1. The number of fused-ring (bicyclic) bond motifs is 1. The van der Waals surface area contributed by atoms with Gasteiger partial charge >= 0.3 is 0 Å². The van der Waals surface area contributed by atoms with E-state index in [0.717, 1.165) is 10.0 Å². The van der Waals surface area contributed by atoms with Gasteiger partial charge in [0.15, 0.2) is 0 Å². The van der Waals surface area contributed by atoms with Gasteiger partial charge in [-0.3, -0.25) is 4.79 Å². The molecule has 3 rings (SSSR count). The normalized spacial score (nSPS) is 10.9. The van der Waals surface area contributed by atoms with Gasteiger partial charge in [-0.2, -0.15) is 0 Å². The van der Waals surface area contributed by atoms with Gasteiger partial charge in [-0.05, 0) is 12.1 Å². The topological polar surface area (TPSA) is 50.4 Å². The maximum Gasteiger partial charge on any atom is 0.200 e. The Morgan fingerprint density at radius 3 is 2.65 bits per heavy atom. The molecule has 5 heteroatoms. The van der Waals surface area contributed by atoms with Gasteiger partial charge in [0.2, 0.25) is 5.43 Å². The second-order valence-electron chi connectivity index (χ2n) is 4.26. The molecular weight excluding hydrogens is 344 g/mol. The molecule has 0 aliphatic heterocycles. The summed E-state index contributed by atoms with van der Waals surface area (Å²) < 4.78 is 6.23. The lowest BCUT2D eigenvalue weighted by Crippen LogP contribution is -2.05. The highest BCUT2D eigenvalue weighted by molar-refractivity contribution is 9.10. The van der Waals surface area contributed by atoms with Gasteiger partial charge in [-0.15, -0.1) is 0 Å². The molecule has 1 aromatic heterocycles. The first-order valence-electron chi connectivity index (χ1n) is 5.77. The second kappa shape index (κ2) is 4.96. The molecule has 0 saturated carbocycles. The Hall–Kier alpha value is -1.78. The van der Waals surface area contributed by atoms with Crippen LogP contribution in [0.15, 0.2) is 56.3 Å². The number of benzene rings is 2. The van der Waals surface area contributed by atoms with E-state index in [4.69, 9.17) is 16.0 Å². The van der Waals surface area contributed by atoms with E-state index < -0.39 is 0 Å². The monoisotopic (exact) mass is 350 g/mol. The van der Waals surface area contributed by atoms with Crippen LogP contribution in [0, 0.1) is 0 Å². The summed E-state index contributed by atoms with van der Waals surface area (Å²) in [5, 5.41) is 9.99. The quantitative estimate of drug-likeness (QED) is 0.698. The Morgan fingerprint density at radius 2 is 1.90 bits per heavy atom. The van der Waals surface area contributed by atoms with Crippen molar-refractivity contribution in [3.8, 4) is 16.9 Å². The molecule has 100 valence electrons. The Bertz CT molecular complexity index is 871. The average molecular weight is 352 g/mol. The first-order valence-corrected chi connectivity index (χ1v) is 6.94. The highest BCUT2D eigenvalue weighted by atomic mass is 79.9. The highest BCUT2D eigenvalue weighted by Gasteiger charge is 2.13. The Morgan fingerprint density at radius 1 is 1.15 bits per heavy atom. The first-order chi connectivity index (χ1) is 9.58. The summed E-state index contributed by atoms with van der Waals surface area (Å²) in [6.07, 6.45) is 1.39. The fourth-order valence-electron chi connectivity index (χ4n) is 2.00. The van der Waals surface area contributed by atoms with Crippen molar-refractivity contribution in [3.63, 3.8) is 0 Å². The minimum atomic E-state index is -0.194. The molecule has 0 amide bonds. The summed E-state index contributed by atoms with van der Waals surface area (Å²) in [6.45, 7) is 0. The zero-order valence-electron chi connectivity index (χ0n) is 10.1. The van der Waals surface area contributed by atoms with Gasteiger partial charge < -0.3 is 9.52 Å². The van der Waals surface area contributed by atoms with E-state index in [2.05, 4.69) is 15.9 Å². The lowest BCUT2D eigenvalue weighted by atomic mass is 10.1. The molecular formula is C15H8BrClO3. The minimum Gasteiger partial charge on any atom is -0.506 e. The Balaban J connectivity index is 2.35. The summed E-state index contributed by atoms with van der Waals surface area (Å²) in [5.74, 6) is -0.115. The van der Waals surface area contributed by atoms with Crippen LogP contribution >= 0.6 is 27.5 Å². The van der Waals surface area contributed by atoms with Crippen LogP contribution < -0.4 is 5.43 Å². The van der Waals surface area contributed by atoms with Crippen molar-refractivity contribution in [1.82, 2.24) is 0 Å². The molecule has 20 heavy (non-hydrogen) atoms. The molecule has 0 unspecified atom stereocenters. The van der Waals surface area contributed by atoms with Crippen molar-refractivity contribution in [2.45, 2.75) is 0 Å². The number of halogens is 2. The number of aromatic hydroxyl groups is 1. The number of hydrogen-bond donors (Lipinski definition) is 1. The van der Waals surface area contributed by atoms with E-state index in [1.54, 1.807) is 0 Å². The zero-order valence-corrected chi connectivity index (χ0v) is 12.4. The fraction of sp³-hybridized carbons (Fsp3) is 0. The van der Waals surface area contributed by atoms with Crippen LogP contribution in [0.4, 0.5) is 0 Å². The van der Waals surface area contributed by atoms with Crippen molar-refractivity contribution in [2.24, 2.45) is 0 Å². The summed E-state index contributed by atoms with van der Waals surface area (Å²) in [7, 11) is 0. The molecule has 0 aliphatic rings. The third-order valence-corrected chi connectivity index (χ3v) is 4.00. The first kappa shape index (κ1) is 13.2. The SMILES string of the molecule is O=c1c(-c2ccccc2Br)coc2cc(O)c(Cl)cc12. The van der Waals surface area contributed by atoms with Gasteiger partial charge in [0.25, 0.3) is 0 Å². The van der Waals surface area contributed by atoms with E-state index in [-0.39, 0.29) is 16.2 Å². The van der Waals surface area contributed by atoms with Crippen molar-refractivity contribution >= 4 is 38.5 Å². The fourth-order valence-corrected chi connectivity index (χ4v) is 2.67. The summed E-state index contributed by atoms with van der Waals surface area (Å²) >= 11 is 9.26. The molecule has 0 atom stereocenters. The maximum absolute atomic E-state index is 12.5. The summed E-state index contributed by atoms with van der Waals surface area (Å²) in [5.41, 5.74) is 1.28. The van der Waals surface area contributed by atoms with Crippen molar-refractivity contribution < 1.29 is 9.52 Å². The molecule has 0 aliphatic carbocycles. The molecule has 3 aromatic rings. The highest BCUT2D eigenvalue weighted by Crippen LogP contribution is 2.31. The molecule has 3 nitrogen and oxygen atoms in total. The van der Waals surface area contributed by atoms with Gasteiger partial charge in [-0.25, -0.2) is 0 Å². The molecule has 2 aromatic carbocycles. The molecule has 0 bridgehead atoms.